The topological polar surface area (TPSA) is 75.7 Å². The molecule has 0 unspecified atom stereocenters. The first-order valence-corrected chi connectivity index (χ1v) is 6.24. The minimum atomic E-state index is -1.06. The zero-order valence-electron chi connectivity index (χ0n) is 11.4. The number of carbonyl (C=O) groups is 3. The zero-order chi connectivity index (χ0) is 14.8. The lowest BCUT2D eigenvalue weighted by Gasteiger charge is -2.39. The Labute approximate surface area is 116 Å². The molecule has 0 saturated carbocycles. The van der Waals surface area contributed by atoms with Gasteiger partial charge in [0.05, 0.1) is 0 Å². The van der Waals surface area contributed by atoms with Crippen LogP contribution >= 0.6 is 0 Å². The molecule has 106 valence electrons. The number of hydrogen-bond acceptors (Lipinski definition) is 4. The highest BCUT2D eigenvalue weighted by atomic mass is 16.5. The van der Waals surface area contributed by atoms with Crippen LogP contribution in [0.3, 0.4) is 0 Å². The van der Waals surface area contributed by atoms with Crippen molar-refractivity contribution in [2.24, 2.45) is 0 Å². The fraction of sp³-hybridized carbons (Fsp3) is 0.357. The molecule has 1 aliphatic heterocycles. The SMILES string of the molecule is CC1(C)C(=O)NC(=O)CN1C(=O)COc1ccccc1. The molecule has 0 aliphatic carbocycles. The van der Waals surface area contributed by atoms with E-state index in [0.29, 0.717) is 5.75 Å². The van der Waals surface area contributed by atoms with E-state index in [0.717, 1.165) is 0 Å². The van der Waals surface area contributed by atoms with Gasteiger partial charge in [0.15, 0.2) is 6.61 Å². The summed E-state index contributed by atoms with van der Waals surface area (Å²) in [5, 5.41) is 2.22. The molecule has 0 aromatic heterocycles. The summed E-state index contributed by atoms with van der Waals surface area (Å²) in [6, 6.07) is 8.88. The molecule has 1 saturated heterocycles. The predicted octanol–water partition coefficient (Wildman–Crippen LogP) is 0.329. The van der Waals surface area contributed by atoms with Crippen molar-refractivity contribution in [2.75, 3.05) is 13.2 Å². The molecule has 1 aromatic carbocycles. The van der Waals surface area contributed by atoms with Crippen molar-refractivity contribution in [3.05, 3.63) is 30.3 Å². The number of carbonyl (C=O) groups excluding carboxylic acids is 3. The van der Waals surface area contributed by atoms with Gasteiger partial charge in [0.2, 0.25) is 5.91 Å². The third-order valence-electron chi connectivity index (χ3n) is 3.19. The molecule has 1 aromatic rings. The predicted molar refractivity (Wildman–Crippen MR) is 70.9 cm³/mol. The summed E-state index contributed by atoms with van der Waals surface area (Å²) < 4.78 is 5.35. The maximum Gasteiger partial charge on any atom is 0.261 e. The number of ether oxygens (including phenoxy) is 1. The van der Waals surface area contributed by atoms with E-state index in [1.165, 1.54) is 4.90 Å². The minimum absolute atomic E-state index is 0.143. The van der Waals surface area contributed by atoms with E-state index < -0.39 is 23.3 Å². The van der Waals surface area contributed by atoms with Crippen LogP contribution in [0, 0.1) is 0 Å². The number of rotatable bonds is 3. The van der Waals surface area contributed by atoms with Crippen molar-refractivity contribution in [1.82, 2.24) is 10.2 Å². The highest BCUT2D eigenvalue weighted by Crippen LogP contribution is 2.18. The number of amides is 3. The Morgan fingerprint density at radius 2 is 1.95 bits per heavy atom. The second-order valence-corrected chi connectivity index (χ2v) is 5.02. The second kappa shape index (κ2) is 5.32. The smallest absolute Gasteiger partial charge is 0.261 e. The van der Waals surface area contributed by atoms with Gasteiger partial charge in [-0.2, -0.15) is 0 Å². The molecule has 1 N–H and O–H groups in total. The summed E-state index contributed by atoms with van der Waals surface area (Å²) in [6.07, 6.45) is 0. The van der Waals surface area contributed by atoms with Gasteiger partial charge in [0.1, 0.15) is 17.8 Å². The zero-order valence-corrected chi connectivity index (χ0v) is 11.4. The Morgan fingerprint density at radius 1 is 1.30 bits per heavy atom. The number of hydrogen-bond donors (Lipinski definition) is 1. The molecule has 0 atom stereocenters. The van der Waals surface area contributed by atoms with E-state index in [4.69, 9.17) is 4.74 Å². The molecule has 0 radical (unpaired) electrons. The van der Waals surface area contributed by atoms with Crippen LogP contribution in [0.2, 0.25) is 0 Å². The molecule has 1 fully saturated rings. The normalized spacial score (nSPS) is 17.6. The first-order valence-electron chi connectivity index (χ1n) is 6.24. The van der Waals surface area contributed by atoms with Gasteiger partial charge in [0, 0.05) is 0 Å². The Kier molecular flexibility index (Phi) is 3.74. The highest BCUT2D eigenvalue weighted by Gasteiger charge is 2.43. The van der Waals surface area contributed by atoms with Gasteiger partial charge < -0.3 is 9.64 Å². The number of piperazine rings is 1. The maximum absolute atomic E-state index is 12.1. The van der Waals surface area contributed by atoms with Crippen LogP contribution in [0.1, 0.15) is 13.8 Å². The van der Waals surface area contributed by atoms with Gasteiger partial charge in [-0.25, -0.2) is 0 Å². The van der Waals surface area contributed by atoms with Crippen molar-refractivity contribution in [2.45, 2.75) is 19.4 Å². The molecule has 0 spiro atoms. The van der Waals surface area contributed by atoms with Crippen molar-refractivity contribution in [1.29, 1.82) is 0 Å². The average Bonchev–Trinajstić information content (AvgIpc) is 2.41. The summed E-state index contributed by atoms with van der Waals surface area (Å²) in [4.78, 5) is 36.5. The third kappa shape index (κ3) is 2.79. The molecular formula is C14H16N2O4. The van der Waals surface area contributed by atoms with Gasteiger partial charge in [-0.3, -0.25) is 19.7 Å². The monoisotopic (exact) mass is 276 g/mol. The van der Waals surface area contributed by atoms with Crippen LogP contribution in [0.25, 0.3) is 0 Å². The molecule has 2 rings (SSSR count). The van der Waals surface area contributed by atoms with Crippen LogP contribution < -0.4 is 10.1 Å². The van der Waals surface area contributed by atoms with Crippen molar-refractivity contribution >= 4 is 17.7 Å². The minimum Gasteiger partial charge on any atom is -0.484 e. The van der Waals surface area contributed by atoms with E-state index in [1.807, 2.05) is 6.07 Å². The van der Waals surface area contributed by atoms with E-state index >= 15 is 0 Å². The number of para-hydroxylation sites is 1. The van der Waals surface area contributed by atoms with Crippen molar-refractivity contribution in [3.63, 3.8) is 0 Å². The van der Waals surface area contributed by atoms with Gasteiger partial charge in [-0.15, -0.1) is 0 Å². The maximum atomic E-state index is 12.1. The average molecular weight is 276 g/mol. The van der Waals surface area contributed by atoms with E-state index in [9.17, 15) is 14.4 Å². The summed E-state index contributed by atoms with van der Waals surface area (Å²) in [5.41, 5.74) is -1.06. The molecule has 1 aliphatic rings. The Balaban J connectivity index is 2.04. The first kappa shape index (κ1) is 14.0. The van der Waals surface area contributed by atoms with E-state index in [2.05, 4.69) is 5.32 Å². The fourth-order valence-electron chi connectivity index (χ4n) is 1.92. The van der Waals surface area contributed by atoms with Gasteiger partial charge in [0.25, 0.3) is 11.8 Å². The van der Waals surface area contributed by atoms with Crippen LogP contribution in [0.5, 0.6) is 5.75 Å². The number of imide groups is 1. The molecule has 6 heteroatoms. The van der Waals surface area contributed by atoms with Crippen molar-refractivity contribution in [3.8, 4) is 5.75 Å². The lowest BCUT2D eigenvalue weighted by molar-refractivity contribution is -0.156. The fourth-order valence-corrected chi connectivity index (χ4v) is 1.92. The van der Waals surface area contributed by atoms with Crippen LogP contribution in [0.4, 0.5) is 0 Å². The highest BCUT2D eigenvalue weighted by molar-refractivity contribution is 6.06. The number of benzene rings is 1. The van der Waals surface area contributed by atoms with Gasteiger partial charge >= 0.3 is 0 Å². The van der Waals surface area contributed by atoms with E-state index in [-0.39, 0.29) is 13.2 Å². The Hall–Kier alpha value is -2.37. The molecule has 20 heavy (non-hydrogen) atoms. The number of nitrogens with zero attached hydrogens (tertiary/aromatic N) is 1. The Morgan fingerprint density at radius 3 is 2.60 bits per heavy atom. The van der Waals surface area contributed by atoms with Crippen LogP contribution in [0.15, 0.2) is 30.3 Å². The molecule has 0 bridgehead atoms. The summed E-state index contributed by atoms with van der Waals surface area (Å²) in [7, 11) is 0. The first-order chi connectivity index (χ1) is 9.41. The van der Waals surface area contributed by atoms with Crippen molar-refractivity contribution < 1.29 is 19.1 Å². The van der Waals surface area contributed by atoms with Gasteiger partial charge in [-0.05, 0) is 26.0 Å². The molecular weight excluding hydrogens is 260 g/mol. The molecule has 1 heterocycles. The summed E-state index contributed by atoms with van der Waals surface area (Å²) >= 11 is 0. The standard InChI is InChI=1S/C14H16N2O4/c1-14(2)13(19)15-11(17)8-16(14)12(18)9-20-10-6-4-3-5-7-10/h3-7H,8-9H2,1-2H3,(H,15,17,19). The number of nitrogens with one attached hydrogen (secondary N) is 1. The quantitative estimate of drug-likeness (QED) is 0.807. The Bertz CT molecular complexity index is 539. The lowest BCUT2D eigenvalue weighted by Crippen LogP contribution is -2.66. The molecule has 3 amide bonds. The van der Waals surface area contributed by atoms with E-state index in [1.54, 1.807) is 38.1 Å². The van der Waals surface area contributed by atoms with Gasteiger partial charge in [-0.1, -0.05) is 18.2 Å². The second-order valence-electron chi connectivity index (χ2n) is 5.02. The summed E-state index contributed by atoms with van der Waals surface area (Å²) in [5.74, 6) is -0.808. The lowest BCUT2D eigenvalue weighted by atomic mass is 9.98. The molecule has 6 nitrogen and oxygen atoms in total. The third-order valence-corrected chi connectivity index (χ3v) is 3.19. The van der Waals surface area contributed by atoms with Crippen LogP contribution in [-0.4, -0.2) is 41.3 Å². The summed E-state index contributed by atoms with van der Waals surface area (Å²) in [6.45, 7) is 2.83. The largest absolute Gasteiger partial charge is 0.484 e. The van der Waals surface area contributed by atoms with Crippen LogP contribution in [-0.2, 0) is 14.4 Å².